The average molecular weight is 279 g/mol. The van der Waals surface area contributed by atoms with E-state index >= 15 is 0 Å². The molecule has 2 aromatic rings. The molecule has 2 aromatic carbocycles. The van der Waals surface area contributed by atoms with E-state index in [0.717, 1.165) is 6.07 Å². The van der Waals surface area contributed by atoms with Gasteiger partial charge in [-0.05, 0) is 36.4 Å². The molecule has 2 rings (SSSR count). The van der Waals surface area contributed by atoms with E-state index in [1.165, 1.54) is 18.2 Å². The Bertz CT molecular complexity index is 644. The van der Waals surface area contributed by atoms with E-state index in [1.807, 2.05) is 0 Å². The summed E-state index contributed by atoms with van der Waals surface area (Å²) in [5.41, 5.74) is 6.31. The fraction of sp³-hybridized carbons (Fsp3) is 0. The number of carbonyl (C=O) groups excluding carboxylic acids is 1. The van der Waals surface area contributed by atoms with E-state index < -0.39 is 5.91 Å². The molecule has 6 heteroatoms. The van der Waals surface area contributed by atoms with Crippen molar-refractivity contribution in [2.75, 3.05) is 11.1 Å². The van der Waals surface area contributed by atoms with Crippen LogP contribution >= 0.6 is 11.6 Å². The Balaban J connectivity index is 2.30. The molecule has 0 bridgehead atoms. The number of nitrogens with one attached hydrogen (secondary N) is 1. The summed E-state index contributed by atoms with van der Waals surface area (Å²) in [5, 5.41) is 21.7. The minimum absolute atomic E-state index is 0.0570. The predicted molar refractivity (Wildman–Crippen MR) is 73.6 cm³/mol. The number of nitrogens with two attached hydrogens (primary N) is 1. The number of amides is 1. The maximum atomic E-state index is 12.0. The lowest BCUT2D eigenvalue weighted by atomic mass is 10.1. The number of halogens is 1. The standard InChI is InChI=1S/C13H11ClN2O3/c14-10-3-1-7(15)5-11(10)16-13(19)9-6-8(17)2-4-12(9)18/h1-6,17-18H,15H2,(H,16,19). The van der Waals surface area contributed by atoms with Crippen LogP contribution in [0.5, 0.6) is 11.5 Å². The van der Waals surface area contributed by atoms with Crippen molar-refractivity contribution in [1.29, 1.82) is 0 Å². The van der Waals surface area contributed by atoms with Crippen LogP contribution in [-0.4, -0.2) is 16.1 Å². The van der Waals surface area contributed by atoms with Gasteiger partial charge in [0, 0.05) is 5.69 Å². The van der Waals surface area contributed by atoms with Gasteiger partial charge >= 0.3 is 0 Å². The van der Waals surface area contributed by atoms with Gasteiger partial charge in [0.1, 0.15) is 11.5 Å². The summed E-state index contributed by atoms with van der Waals surface area (Å²) in [7, 11) is 0. The molecule has 0 atom stereocenters. The smallest absolute Gasteiger partial charge is 0.259 e. The lowest BCUT2D eigenvalue weighted by molar-refractivity contribution is 0.102. The number of rotatable bonds is 2. The van der Waals surface area contributed by atoms with Gasteiger partial charge in [-0.1, -0.05) is 11.6 Å². The van der Waals surface area contributed by atoms with Crippen LogP contribution in [0, 0.1) is 0 Å². The summed E-state index contributed by atoms with van der Waals surface area (Å²) in [6.45, 7) is 0. The number of hydrogen-bond donors (Lipinski definition) is 4. The molecular weight excluding hydrogens is 268 g/mol. The van der Waals surface area contributed by atoms with Gasteiger partial charge in [-0.15, -0.1) is 0 Å². The molecule has 0 aliphatic rings. The number of nitrogen functional groups attached to an aromatic ring is 1. The Morgan fingerprint density at radius 2 is 1.89 bits per heavy atom. The quantitative estimate of drug-likeness (QED) is 0.501. The Kier molecular flexibility index (Phi) is 3.48. The van der Waals surface area contributed by atoms with Crippen LogP contribution in [0.3, 0.4) is 0 Å². The summed E-state index contributed by atoms with van der Waals surface area (Å²) in [5.74, 6) is -0.960. The number of phenols is 2. The van der Waals surface area contributed by atoms with E-state index in [2.05, 4.69) is 5.32 Å². The van der Waals surface area contributed by atoms with Crippen LogP contribution in [0.15, 0.2) is 36.4 Å². The number of phenolic OH excluding ortho intramolecular Hbond substituents is 2. The van der Waals surface area contributed by atoms with E-state index in [-0.39, 0.29) is 17.1 Å². The molecule has 0 saturated heterocycles. The molecule has 19 heavy (non-hydrogen) atoms. The second kappa shape index (κ2) is 5.07. The average Bonchev–Trinajstić information content (AvgIpc) is 2.36. The number of anilines is 2. The van der Waals surface area contributed by atoms with Crippen LogP contribution in [0.2, 0.25) is 5.02 Å². The van der Waals surface area contributed by atoms with Gasteiger partial charge in [-0.2, -0.15) is 0 Å². The van der Waals surface area contributed by atoms with Crippen molar-refractivity contribution in [2.24, 2.45) is 0 Å². The Morgan fingerprint density at radius 3 is 2.63 bits per heavy atom. The molecule has 0 aromatic heterocycles. The summed E-state index contributed by atoms with van der Waals surface area (Å²) < 4.78 is 0. The van der Waals surface area contributed by atoms with Gasteiger partial charge in [0.25, 0.3) is 5.91 Å². The van der Waals surface area contributed by atoms with E-state index in [9.17, 15) is 15.0 Å². The minimum Gasteiger partial charge on any atom is -0.508 e. The monoisotopic (exact) mass is 278 g/mol. The molecule has 98 valence electrons. The predicted octanol–water partition coefficient (Wildman–Crippen LogP) is 2.59. The lowest BCUT2D eigenvalue weighted by Gasteiger charge is -2.09. The lowest BCUT2D eigenvalue weighted by Crippen LogP contribution is -2.12. The highest BCUT2D eigenvalue weighted by Gasteiger charge is 2.13. The maximum Gasteiger partial charge on any atom is 0.259 e. The number of carbonyl (C=O) groups is 1. The summed E-state index contributed by atoms with van der Waals surface area (Å²) >= 11 is 5.92. The van der Waals surface area contributed by atoms with Crippen molar-refractivity contribution < 1.29 is 15.0 Å². The van der Waals surface area contributed by atoms with Gasteiger partial charge < -0.3 is 21.3 Å². The third kappa shape index (κ3) is 2.89. The zero-order valence-corrected chi connectivity index (χ0v) is 10.5. The van der Waals surface area contributed by atoms with Crippen molar-refractivity contribution in [3.63, 3.8) is 0 Å². The highest BCUT2D eigenvalue weighted by molar-refractivity contribution is 6.34. The Labute approximate surface area is 114 Å². The molecule has 0 fully saturated rings. The molecule has 1 amide bonds. The first-order valence-electron chi connectivity index (χ1n) is 5.36. The molecule has 0 unspecified atom stereocenters. The van der Waals surface area contributed by atoms with Crippen LogP contribution < -0.4 is 11.1 Å². The minimum atomic E-state index is -0.596. The first-order valence-corrected chi connectivity index (χ1v) is 5.73. The Morgan fingerprint density at radius 1 is 1.16 bits per heavy atom. The molecule has 0 saturated carbocycles. The van der Waals surface area contributed by atoms with Crippen LogP contribution in [0.1, 0.15) is 10.4 Å². The van der Waals surface area contributed by atoms with Crippen LogP contribution in [-0.2, 0) is 0 Å². The van der Waals surface area contributed by atoms with Gasteiger partial charge in [0.15, 0.2) is 0 Å². The van der Waals surface area contributed by atoms with Crippen molar-refractivity contribution >= 4 is 28.9 Å². The molecular formula is C13H11ClN2O3. The number of hydrogen-bond acceptors (Lipinski definition) is 4. The van der Waals surface area contributed by atoms with Gasteiger partial charge in [0.05, 0.1) is 16.3 Å². The molecule has 0 heterocycles. The first-order chi connectivity index (χ1) is 8.97. The van der Waals surface area contributed by atoms with Crippen molar-refractivity contribution in [2.45, 2.75) is 0 Å². The summed E-state index contributed by atoms with van der Waals surface area (Å²) in [4.78, 5) is 12.0. The van der Waals surface area contributed by atoms with Gasteiger partial charge in [-0.25, -0.2) is 0 Å². The number of benzene rings is 2. The normalized spacial score (nSPS) is 10.2. The summed E-state index contributed by atoms with van der Waals surface area (Å²) in [6, 6.07) is 8.31. The first kappa shape index (κ1) is 13.0. The van der Waals surface area contributed by atoms with Crippen molar-refractivity contribution in [3.05, 3.63) is 47.0 Å². The number of aromatic hydroxyl groups is 2. The molecule has 5 nitrogen and oxygen atoms in total. The Hall–Kier alpha value is -2.40. The zero-order valence-electron chi connectivity index (χ0n) is 9.72. The van der Waals surface area contributed by atoms with Crippen LogP contribution in [0.25, 0.3) is 0 Å². The zero-order chi connectivity index (χ0) is 14.0. The van der Waals surface area contributed by atoms with Crippen LogP contribution in [0.4, 0.5) is 11.4 Å². The molecule has 0 radical (unpaired) electrons. The maximum absolute atomic E-state index is 12.0. The molecule has 5 N–H and O–H groups in total. The molecule has 0 spiro atoms. The fourth-order valence-electron chi connectivity index (χ4n) is 1.53. The fourth-order valence-corrected chi connectivity index (χ4v) is 1.70. The second-order valence-electron chi connectivity index (χ2n) is 3.89. The van der Waals surface area contributed by atoms with E-state index in [1.54, 1.807) is 12.1 Å². The van der Waals surface area contributed by atoms with E-state index in [0.29, 0.717) is 16.4 Å². The van der Waals surface area contributed by atoms with Crippen molar-refractivity contribution in [1.82, 2.24) is 0 Å². The SMILES string of the molecule is Nc1ccc(Cl)c(NC(=O)c2cc(O)ccc2O)c1. The molecule has 0 aliphatic heterocycles. The topological polar surface area (TPSA) is 95.6 Å². The highest BCUT2D eigenvalue weighted by Crippen LogP contribution is 2.27. The van der Waals surface area contributed by atoms with Gasteiger partial charge in [0.2, 0.25) is 0 Å². The molecule has 0 aliphatic carbocycles. The van der Waals surface area contributed by atoms with Gasteiger partial charge in [-0.3, -0.25) is 4.79 Å². The largest absolute Gasteiger partial charge is 0.508 e. The van der Waals surface area contributed by atoms with Crippen molar-refractivity contribution in [3.8, 4) is 11.5 Å². The highest BCUT2D eigenvalue weighted by atomic mass is 35.5. The third-order valence-corrected chi connectivity index (χ3v) is 2.79. The third-order valence-electron chi connectivity index (χ3n) is 2.46. The second-order valence-corrected chi connectivity index (χ2v) is 4.30. The van der Waals surface area contributed by atoms with E-state index in [4.69, 9.17) is 17.3 Å². The summed E-state index contributed by atoms with van der Waals surface area (Å²) in [6.07, 6.45) is 0.